The molecule has 2 aromatic rings. The zero-order valence-electron chi connectivity index (χ0n) is 8.37. The number of ether oxygens (including phenoxy) is 1. The quantitative estimate of drug-likeness (QED) is 0.806. The van der Waals surface area contributed by atoms with E-state index >= 15 is 0 Å². The van der Waals surface area contributed by atoms with Crippen molar-refractivity contribution in [2.24, 2.45) is 0 Å². The molecular formula is C11H7ClFN2O. The van der Waals surface area contributed by atoms with Crippen LogP contribution in [0.4, 0.5) is 4.39 Å². The van der Waals surface area contributed by atoms with Crippen LogP contribution in [-0.2, 0) is 0 Å². The lowest BCUT2D eigenvalue weighted by atomic mass is 10.2. The van der Waals surface area contributed by atoms with E-state index in [4.69, 9.17) is 16.3 Å². The minimum Gasteiger partial charge on any atom is -0.496 e. The average molecular weight is 238 g/mol. The molecule has 0 fully saturated rings. The van der Waals surface area contributed by atoms with Crippen LogP contribution >= 0.6 is 11.6 Å². The van der Waals surface area contributed by atoms with Gasteiger partial charge in [-0.2, -0.15) is 0 Å². The van der Waals surface area contributed by atoms with Gasteiger partial charge in [0.05, 0.1) is 25.1 Å². The van der Waals surface area contributed by atoms with Crippen LogP contribution in [0, 0.1) is 11.9 Å². The number of aromatic nitrogens is 2. The third-order valence-electron chi connectivity index (χ3n) is 1.93. The molecule has 0 bridgehead atoms. The van der Waals surface area contributed by atoms with E-state index < -0.39 is 5.82 Å². The molecule has 1 radical (unpaired) electrons. The van der Waals surface area contributed by atoms with E-state index in [1.807, 2.05) is 0 Å². The van der Waals surface area contributed by atoms with E-state index in [2.05, 4.69) is 16.0 Å². The van der Waals surface area contributed by atoms with Crippen LogP contribution in [-0.4, -0.2) is 17.1 Å². The van der Waals surface area contributed by atoms with Crippen LogP contribution in [0.15, 0.2) is 24.5 Å². The van der Waals surface area contributed by atoms with Gasteiger partial charge in [0.1, 0.15) is 5.75 Å². The summed E-state index contributed by atoms with van der Waals surface area (Å²) in [5.74, 6) is 0.353. The fourth-order valence-electron chi connectivity index (χ4n) is 1.23. The highest BCUT2D eigenvalue weighted by molar-refractivity contribution is 6.30. The molecule has 0 N–H and O–H groups in total. The van der Waals surface area contributed by atoms with Crippen molar-refractivity contribution >= 4 is 11.6 Å². The summed E-state index contributed by atoms with van der Waals surface area (Å²) in [4.78, 5) is 7.69. The first kappa shape index (κ1) is 10.8. The Morgan fingerprint density at radius 2 is 2.06 bits per heavy atom. The molecule has 0 spiro atoms. The summed E-state index contributed by atoms with van der Waals surface area (Å²) < 4.78 is 17.8. The SMILES string of the molecule is COc1cc(Cl)c[c]c1-c1ncc(F)cn1. The van der Waals surface area contributed by atoms with Gasteiger partial charge in [0, 0.05) is 5.02 Å². The average Bonchev–Trinajstić information content (AvgIpc) is 2.30. The van der Waals surface area contributed by atoms with Crippen LogP contribution in [0.25, 0.3) is 11.4 Å². The molecule has 2 rings (SSSR count). The van der Waals surface area contributed by atoms with Gasteiger partial charge in [-0.3, -0.25) is 0 Å². The first-order valence-corrected chi connectivity index (χ1v) is 4.81. The van der Waals surface area contributed by atoms with Gasteiger partial charge in [-0.25, -0.2) is 14.4 Å². The summed E-state index contributed by atoms with van der Waals surface area (Å²) >= 11 is 5.80. The van der Waals surface area contributed by atoms with Gasteiger partial charge in [-0.15, -0.1) is 0 Å². The van der Waals surface area contributed by atoms with Crippen molar-refractivity contribution in [3.63, 3.8) is 0 Å². The molecule has 0 aliphatic carbocycles. The van der Waals surface area contributed by atoms with Gasteiger partial charge in [-0.1, -0.05) is 11.6 Å². The fraction of sp³-hybridized carbons (Fsp3) is 0.0909. The lowest BCUT2D eigenvalue weighted by Crippen LogP contribution is -1.93. The van der Waals surface area contributed by atoms with Crippen molar-refractivity contribution < 1.29 is 9.13 Å². The first-order chi connectivity index (χ1) is 7.70. The Bertz CT molecular complexity index is 502. The number of nitrogens with zero attached hydrogens (tertiary/aromatic N) is 2. The molecule has 0 aliphatic heterocycles. The fourth-order valence-corrected chi connectivity index (χ4v) is 1.38. The van der Waals surface area contributed by atoms with Crippen LogP contribution in [0.2, 0.25) is 5.02 Å². The van der Waals surface area contributed by atoms with Crippen molar-refractivity contribution in [3.05, 3.63) is 41.4 Å². The predicted octanol–water partition coefficient (Wildman–Crippen LogP) is 2.74. The van der Waals surface area contributed by atoms with Crippen molar-refractivity contribution in [2.75, 3.05) is 7.11 Å². The highest BCUT2D eigenvalue weighted by Crippen LogP contribution is 2.29. The van der Waals surface area contributed by atoms with Gasteiger partial charge in [0.2, 0.25) is 0 Å². The normalized spacial score (nSPS) is 10.2. The molecule has 0 amide bonds. The highest BCUT2D eigenvalue weighted by atomic mass is 35.5. The topological polar surface area (TPSA) is 35.0 Å². The second-order valence-electron chi connectivity index (χ2n) is 2.99. The standard InChI is InChI=1S/C11H7ClFN2O/c1-16-10-4-7(12)2-3-9(10)11-14-5-8(13)6-15-11/h2,4-6H,1H3. The van der Waals surface area contributed by atoms with Crippen LogP contribution in [0.5, 0.6) is 5.75 Å². The van der Waals surface area contributed by atoms with Crippen molar-refractivity contribution in [1.29, 1.82) is 0 Å². The Hall–Kier alpha value is -1.68. The minimum absolute atomic E-state index is 0.343. The lowest BCUT2D eigenvalue weighted by molar-refractivity contribution is 0.416. The Balaban J connectivity index is 2.51. The van der Waals surface area contributed by atoms with Gasteiger partial charge in [-0.05, 0) is 18.2 Å². The van der Waals surface area contributed by atoms with E-state index in [0.29, 0.717) is 22.2 Å². The summed E-state index contributed by atoms with van der Waals surface area (Å²) in [6.45, 7) is 0. The first-order valence-electron chi connectivity index (χ1n) is 4.44. The summed E-state index contributed by atoms with van der Waals surface area (Å²) in [5, 5.41) is 0.503. The number of rotatable bonds is 2. The number of halogens is 2. The van der Waals surface area contributed by atoms with Crippen LogP contribution < -0.4 is 4.74 Å². The maximum absolute atomic E-state index is 12.7. The molecule has 1 aromatic heterocycles. The maximum atomic E-state index is 12.7. The number of methoxy groups -OCH3 is 1. The largest absolute Gasteiger partial charge is 0.496 e. The zero-order chi connectivity index (χ0) is 11.5. The summed E-state index contributed by atoms with van der Waals surface area (Å²) in [6, 6.07) is 6.09. The molecule has 16 heavy (non-hydrogen) atoms. The summed E-state index contributed by atoms with van der Waals surface area (Å²) in [6.07, 6.45) is 2.18. The smallest absolute Gasteiger partial charge is 0.163 e. The highest BCUT2D eigenvalue weighted by Gasteiger charge is 2.09. The molecule has 0 saturated carbocycles. The third kappa shape index (κ3) is 2.12. The second-order valence-corrected chi connectivity index (χ2v) is 3.42. The van der Waals surface area contributed by atoms with E-state index in [0.717, 1.165) is 12.4 Å². The summed E-state index contributed by atoms with van der Waals surface area (Å²) in [5.41, 5.74) is 0.548. The van der Waals surface area contributed by atoms with Gasteiger partial charge in [0.15, 0.2) is 11.6 Å². The minimum atomic E-state index is -0.489. The van der Waals surface area contributed by atoms with Crippen molar-refractivity contribution in [2.45, 2.75) is 0 Å². The molecule has 5 heteroatoms. The molecule has 0 aliphatic rings. The van der Waals surface area contributed by atoms with E-state index in [1.165, 1.54) is 7.11 Å². The zero-order valence-corrected chi connectivity index (χ0v) is 9.12. The van der Waals surface area contributed by atoms with E-state index in [-0.39, 0.29) is 0 Å². The monoisotopic (exact) mass is 237 g/mol. The molecular weight excluding hydrogens is 231 g/mol. The Morgan fingerprint density at radius 3 is 2.69 bits per heavy atom. The summed E-state index contributed by atoms with van der Waals surface area (Å²) in [7, 11) is 1.51. The predicted molar refractivity (Wildman–Crippen MR) is 57.8 cm³/mol. The maximum Gasteiger partial charge on any atom is 0.163 e. The molecule has 81 valence electrons. The molecule has 0 saturated heterocycles. The second kappa shape index (κ2) is 4.45. The Kier molecular flexibility index (Phi) is 3.01. The van der Waals surface area contributed by atoms with Gasteiger partial charge < -0.3 is 4.74 Å². The lowest BCUT2D eigenvalue weighted by Gasteiger charge is -2.06. The van der Waals surface area contributed by atoms with Crippen molar-refractivity contribution in [1.82, 2.24) is 9.97 Å². The molecule has 1 heterocycles. The number of hydrogen-bond donors (Lipinski definition) is 0. The molecule has 3 nitrogen and oxygen atoms in total. The Labute approximate surface area is 96.9 Å². The number of benzene rings is 1. The number of hydrogen-bond acceptors (Lipinski definition) is 3. The van der Waals surface area contributed by atoms with Gasteiger partial charge in [0.25, 0.3) is 0 Å². The third-order valence-corrected chi connectivity index (χ3v) is 2.15. The van der Waals surface area contributed by atoms with Gasteiger partial charge >= 0.3 is 0 Å². The molecule has 1 aromatic carbocycles. The molecule has 0 atom stereocenters. The van der Waals surface area contributed by atoms with Crippen LogP contribution in [0.3, 0.4) is 0 Å². The van der Waals surface area contributed by atoms with Crippen LogP contribution in [0.1, 0.15) is 0 Å². The Morgan fingerprint density at radius 1 is 1.38 bits per heavy atom. The van der Waals surface area contributed by atoms with E-state index in [9.17, 15) is 4.39 Å². The van der Waals surface area contributed by atoms with E-state index in [1.54, 1.807) is 12.1 Å². The van der Waals surface area contributed by atoms with Crippen molar-refractivity contribution in [3.8, 4) is 17.1 Å². The molecule has 0 unspecified atom stereocenters.